The highest BCUT2D eigenvalue weighted by Gasteiger charge is 2.19. The quantitative estimate of drug-likeness (QED) is 0.856. The van der Waals surface area contributed by atoms with Gasteiger partial charge in [-0.3, -0.25) is 0 Å². The summed E-state index contributed by atoms with van der Waals surface area (Å²) in [6.07, 6.45) is 5.53. The predicted molar refractivity (Wildman–Crippen MR) is 68.8 cm³/mol. The van der Waals surface area contributed by atoms with Crippen LogP contribution in [0.25, 0.3) is 0 Å². The molecule has 0 aliphatic heterocycles. The van der Waals surface area contributed by atoms with Crippen LogP contribution in [0.1, 0.15) is 42.2 Å². The molecule has 1 fully saturated rings. The lowest BCUT2D eigenvalue weighted by molar-refractivity contribution is 0.0364. The number of nitrogens with two attached hydrogens (primary N) is 1. The molecule has 2 nitrogen and oxygen atoms in total. The Morgan fingerprint density at radius 1 is 1.50 bits per heavy atom. The molecule has 3 heteroatoms. The van der Waals surface area contributed by atoms with Crippen LogP contribution in [-0.2, 0) is 4.74 Å². The van der Waals surface area contributed by atoms with E-state index < -0.39 is 0 Å². The van der Waals surface area contributed by atoms with Gasteiger partial charge in [0, 0.05) is 11.4 Å². The minimum absolute atomic E-state index is 0.112. The Labute approximate surface area is 102 Å². The van der Waals surface area contributed by atoms with E-state index in [4.69, 9.17) is 10.5 Å². The number of thiophene rings is 1. The van der Waals surface area contributed by atoms with Crippen molar-refractivity contribution in [3.05, 3.63) is 21.9 Å². The smallest absolute Gasteiger partial charge is 0.104 e. The van der Waals surface area contributed by atoms with Crippen LogP contribution in [0.5, 0.6) is 0 Å². The summed E-state index contributed by atoms with van der Waals surface area (Å²) in [4.78, 5) is 1.31. The van der Waals surface area contributed by atoms with E-state index in [9.17, 15) is 0 Å². The number of rotatable bonds is 5. The highest BCUT2D eigenvalue weighted by atomic mass is 32.1. The minimum Gasteiger partial charge on any atom is -0.371 e. The first-order valence-electron chi connectivity index (χ1n) is 6.17. The van der Waals surface area contributed by atoms with E-state index in [0.29, 0.717) is 6.54 Å². The van der Waals surface area contributed by atoms with E-state index in [0.717, 1.165) is 12.5 Å². The van der Waals surface area contributed by atoms with Gasteiger partial charge >= 0.3 is 0 Å². The molecule has 0 bridgehead atoms. The van der Waals surface area contributed by atoms with Crippen LogP contribution in [0.3, 0.4) is 0 Å². The fraction of sp³-hybridized carbons (Fsp3) is 0.692. The maximum absolute atomic E-state index is 5.99. The lowest BCUT2D eigenvalue weighted by atomic mass is 10.1. The van der Waals surface area contributed by atoms with E-state index in [1.54, 1.807) is 11.3 Å². The molecular formula is C13H21NOS. The molecule has 2 rings (SSSR count). The van der Waals surface area contributed by atoms with Crippen LogP contribution in [0.4, 0.5) is 0 Å². The van der Waals surface area contributed by atoms with Gasteiger partial charge < -0.3 is 10.5 Å². The zero-order valence-electron chi connectivity index (χ0n) is 9.95. The largest absolute Gasteiger partial charge is 0.371 e. The molecule has 16 heavy (non-hydrogen) atoms. The van der Waals surface area contributed by atoms with Crippen molar-refractivity contribution in [2.75, 3.05) is 13.2 Å². The van der Waals surface area contributed by atoms with Crippen molar-refractivity contribution in [1.29, 1.82) is 0 Å². The zero-order valence-corrected chi connectivity index (χ0v) is 10.8. The van der Waals surface area contributed by atoms with Gasteiger partial charge in [-0.1, -0.05) is 12.8 Å². The molecule has 1 unspecified atom stereocenters. The Kier molecular flexibility index (Phi) is 4.38. The van der Waals surface area contributed by atoms with E-state index in [-0.39, 0.29) is 6.10 Å². The molecule has 90 valence electrons. The van der Waals surface area contributed by atoms with E-state index >= 15 is 0 Å². The second kappa shape index (κ2) is 5.80. The molecule has 1 aromatic heterocycles. The van der Waals surface area contributed by atoms with Gasteiger partial charge in [0.1, 0.15) is 6.10 Å². The van der Waals surface area contributed by atoms with Gasteiger partial charge in [-0.05, 0) is 42.7 Å². The van der Waals surface area contributed by atoms with E-state index in [1.807, 2.05) is 0 Å². The van der Waals surface area contributed by atoms with Crippen molar-refractivity contribution in [3.63, 3.8) is 0 Å². The summed E-state index contributed by atoms with van der Waals surface area (Å²) in [6.45, 7) is 3.61. The molecule has 1 aromatic rings. The highest BCUT2D eigenvalue weighted by molar-refractivity contribution is 7.10. The van der Waals surface area contributed by atoms with E-state index in [2.05, 4.69) is 18.4 Å². The van der Waals surface area contributed by atoms with Gasteiger partial charge in [0.15, 0.2) is 0 Å². The Bertz CT molecular complexity index is 317. The van der Waals surface area contributed by atoms with Gasteiger partial charge in [0.05, 0.1) is 6.61 Å². The van der Waals surface area contributed by atoms with Gasteiger partial charge in [0.25, 0.3) is 0 Å². The Morgan fingerprint density at radius 3 is 2.81 bits per heavy atom. The summed E-state index contributed by atoms with van der Waals surface area (Å²) in [7, 11) is 0. The van der Waals surface area contributed by atoms with Crippen molar-refractivity contribution < 1.29 is 4.74 Å². The van der Waals surface area contributed by atoms with E-state index in [1.165, 1.54) is 36.1 Å². The normalized spacial score (nSPS) is 19.1. The second-order valence-corrected chi connectivity index (χ2v) is 5.62. The number of hydrogen-bond acceptors (Lipinski definition) is 3. The third kappa shape index (κ3) is 2.84. The van der Waals surface area contributed by atoms with Crippen molar-refractivity contribution in [3.8, 4) is 0 Å². The first kappa shape index (κ1) is 12.1. The van der Waals surface area contributed by atoms with Crippen molar-refractivity contribution >= 4 is 11.3 Å². The third-order valence-corrected chi connectivity index (χ3v) is 4.53. The van der Waals surface area contributed by atoms with Crippen LogP contribution in [0.2, 0.25) is 0 Å². The molecule has 0 saturated heterocycles. The van der Waals surface area contributed by atoms with Gasteiger partial charge in [0.2, 0.25) is 0 Å². The molecule has 2 N–H and O–H groups in total. The summed E-state index contributed by atoms with van der Waals surface area (Å²) in [6, 6.07) is 2.14. The molecule has 1 heterocycles. The second-order valence-electron chi connectivity index (χ2n) is 4.68. The molecule has 0 spiro atoms. The Hall–Kier alpha value is -0.380. The molecule has 1 aliphatic carbocycles. The maximum Gasteiger partial charge on any atom is 0.104 e. The molecule has 0 amide bonds. The van der Waals surface area contributed by atoms with Gasteiger partial charge in [-0.25, -0.2) is 0 Å². The maximum atomic E-state index is 5.99. The summed E-state index contributed by atoms with van der Waals surface area (Å²) < 4.78 is 5.99. The number of aryl methyl sites for hydroxylation is 1. The van der Waals surface area contributed by atoms with Gasteiger partial charge in [-0.2, -0.15) is 0 Å². The van der Waals surface area contributed by atoms with Crippen LogP contribution in [-0.4, -0.2) is 13.2 Å². The van der Waals surface area contributed by atoms with Crippen molar-refractivity contribution in [2.24, 2.45) is 11.7 Å². The molecule has 0 aromatic carbocycles. The minimum atomic E-state index is 0.112. The first-order valence-corrected chi connectivity index (χ1v) is 7.05. The Balaban J connectivity index is 1.88. The monoisotopic (exact) mass is 239 g/mol. The Morgan fingerprint density at radius 2 is 2.25 bits per heavy atom. The summed E-state index contributed by atoms with van der Waals surface area (Å²) in [5, 5.41) is 2.12. The van der Waals surface area contributed by atoms with Crippen molar-refractivity contribution in [2.45, 2.75) is 38.7 Å². The summed E-state index contributed by atoms with van der Waals surface area (Å²) in [5.74, 6) is 0.773. The summed E-state index contributed by atoms with van der Waals surface area (Å²) in [5.41, 5.74) is 7.11. The lowest BCUT2D eigenvalue weighted by Gasteiger charge is -2.18. The standard InChI is InChI=1S/C13H21NOS/c1-10-6-7-16-13(10)12(8-14)15-9-11-4-2-3-5-11/h6-7,11-12H,2-5,8-9,14H2,1H3. The first-order chi connectivity index (χ1) is 7.81. The fourth-order valence-corrected chi connectivity index (χ4v) is 3.38. The van der Waals surface area contributed by atoms with Crippen LogP contribution in [0, 0.1) is 12.8 Å². The average molecular weight is 239 g/mol. The summed E-state index contributed by atoms with van der Waals surface area (Å²) >= 11 is 1.76. The molecular weight excluding hydrogens is 218 g/mol. The topological polar surface area (TPSA) is 35.2 Å². The third-order valence-electron chi connectivity index (χ3n) is 3.42. The zero-order chi connectivity index (χ0) is 11.4. The number of ether oxygens (including phenoxy) is 1. The SMILES string of the molecule is Cc1ccsc1C(CN)OCC1CCCC1. The highest BCUT2D eigenvalue weighted by Crippen LogP contribution is 2.29. The lowest BCUT2D eigenvalue weighted by Crippen LogP contribution is -2.18. The number of hydrogen-bond donors (Lipinski definition) is 1. The van der Waals surface area contributed by atoms with Crippen LogP contribution >= 0.6 is 11.3 Å². The average Bonchev–Trinajstić information content (AvgIpc) is 2.92. The fourth-order valence-electron chi connectivity index (χ4n) is 2.39. The van der Waals surface area contributed by atoms with Crippen LogP contribution in [0.15, 0.2) is 11.4 Å². The van der Waals surface area contributed by atoms with Crippen LogP contribution < -0.4 is 5.73 Å². The molecule has 1 saturated carbocycles. The molecule has 0 radical (unpaired) electrons. The predicted octanol–water partition coefficient (Wildman–Crippen LogP) is 3.26. The molecule has 1 aliphatic rings. The van der Waals surface area contributed by atoms with Gasteiger partial charge in [-0.15, -0.1) is 11.3 Å². The molecule has 1 atom stereocenters. The van der Waals surface area contributed by atoms with Crippen molar-refractivity contribution in [1.82, 2.24) is 0 Å².